The molecule has 1 aliphatic heterocycles. The number of fused-ring (bicyclic) bond motifs is 2. The number of thiazole rings is 1. The standard InChI is InChI=1S/C19H17N3O2S2/c20-18(24)15-9-12-5-1-2-6-13(12)10-22(15)17(23)11-25-19-21-14-7-3-4-8-16(14)26-19/h1-8,15H,9-11H2,(H2,20,24). The molecule has 132 valence electrons. The summed E-state index contributed by atoms with van der Waals surface area (Å²) in [5.74, 6) is -0.309. The normalized spacial score (nSPS) is 16.5. The van der Waals surface area contributed by atoms with Crippen molar-refractivity contribution in [2.45, 2.75) is 23.3 Å². The number of thioether (sulfide) groups is 1. The van der Waals surface area contributed by atoms with Gasteiger partial charge in [0.15, 0.2) is 4.34 Å². The second-order valence-electron chi connectivity index (χ2n) is 6.15. The van der Waals surface area contributed by atoms with Crippen LogP contribution >= 0.6 is 23.1 Å². The van der Waals surface area contributed by atoms with Crippen LogP contribution in [-0.2, 0) is 22.6 Å². The third kappa shape index (κ3) is 3.32. The van der Waals surface area contributed by atoms with Crippen molar-refractivity contribution < 1.29 is 9.59 Å². The van der Waals surface area contributed by atoms with E-state index in [1.807, 2.05) is 48.5 Å². The Labute approximate surface area is 159 Å². The van der Waals surface area contributed by atoms with E-state index in [9.17, 15) is 9.59 Å². The molecule has 1 atom stereocenters. The highest BCUT2D eigenvalue weighted by Crippen LogP contribution is 2.30. The van der Waals surface area contributed by atoms with Gasteiger partial charge in [-0.15, -0.1) is 11.3 Å². The number of nitrogens with two attached hydrogens (primary N) is 1. The lowest BCUT2D eigenvalue weighted by atomic mass is 9.93. The molecule has 1 aromatic heterocycles. The average molecular weight is 383 g/mol. The van der Waals surface area contributed by atoms with Gasteiger partial charge in [-0.1, -0.05) is 48.2 Å². The smallest absolute Gasteiger partial charge is 0.240 e. The van der Waals surface area contributed by atoms with E-state index < -0.39 is 11.9 Å². The number of amides is 2. The SMILES string of the molecule is NC(=O)C1Cc2ccccc2CN1C(=O)CSc1nc2ccccc2s1. The van der Waals surface area contributed by atoms with E-state index >= 15 is 0 Å². The number of nitrogens with zero attached hydrogens (tertiary/aromatic N) is 2. The lowest BCUT2D eigenvalue weighted by Crippen LogP contribution is -2.51. The molecule has 5 nitrogen and oxygen atoms in total. The molecular weight excluding hydrogens is 366 g/mol. The van der Waals surface area contributed by atoms with Crippen molar-refractivity contribution in [1.82, 2.24) is 9.88 Å². The molecule has 2 heterocycles. The van der Waals surface area contributed by atoms with Crippen molar-refractivity contribution in [2.24, 2.45) is 5.73 Å². The molecule has 0 saturated carbocycles. The Hall–Kier alpha value is -2.38. The maximum Gasteiger partial charge on any atom is 0.240 e. The molecule has 0 fully saturated rings. The quantitative estimate of drug-likeness (QED) is 0.703. The summed E-state index contributed by atoms with van der Waals surface area (Å²) >= 11 is 2.98. The molecule has 3 aromatic rings. The second-order valence-corrected chi connectivity index (χ2v) is 8.40. The number of hydrogen-bond donors (Lipinski definition) is 1. The summed E-state index contributed by atoms with van der Waals surface area (Å²) in [6.45, 7) is 0.420. The van der Waals surface area contributed by atoms with Gasteiger partial charge in [0, 0.05) is 13.0 Å². The van der Waals surface area contributed by atoms with Gasteiger partial charge in [-0.2, -0.15) is 0 Å². The Balaban J connectivity index is 1.50. The van der Waals surface area contributed by atoms with Gasteiger partial charge in [0.2, 0.25) is 11.8 Å². The number of aromatic nitrogens is 1. The van der Waals surface area contributed by atoms with E-state index in [1.165, 1.54) is 11.8 Å². The molecular formula is C19H17N3O2S2. The molecule has 0 spiro atoms. The number of benzene rings is 2. The van der Waals surface area contributed by atoms with E-state index in [4.69, 9.17) is 5.73 Å². The minimum Gasteiger partial charge on any atom is -0.368 e. The van der Waals surface area contributed by atoms with Crippen LogP contribution < -0.4 is 5.73 Å². The molecule has 7 heteroatoms. The molecule has 2 aromatic carbocycles. The average Bonchev–Trinajstić information content (AvgIpc) is 3.08. The fourth-order valence-corrected chi connectivity index (χ4v) is 5.11. The Morgan fingerprint density at radius 2 is 1.88 bits per heavy atom. The van der Waals surface area contributed by atoms with Crippen LogP contribution in [-0.4, -0.2) is 33.5 Å². The lowest BCUT2D eigenvalue weighted by Gasteiger charge is -2.35. The van der Waals surface area contributed by atoms with Gasteiger partial charge in [-0.3, -0.25) is 9.59 Å². The summed E-state index contributed by atoms with van der Waals surface area (Å²) in [6.07, 6.45) is 0.475. The van der Waals surface area contributed by atoms with Gasteiger partial charge in [0.05, 0.1) is 16.0 Å². The highest BCUT2D eigenvalue weighted by molar-refractivity contribution is 8.01. The lowest BCUT2D eigenvalue weighted by molar-refractivity contribution is -0.138. The van der Waals surface area contributed by atoms with Gasteiger partial charge >= 0.3 is 0 Å². The Kier molecular flexibility index (Phi) is 4.65. The monoisotopic (exact) mass is 383 g/mol. The Bertz CT molecular complexity index is 953. The number of primary amides is 1. The van der Waals surface area contributed by atoms with Crippen molar-refractivity contribution in [1.29, 1.82) is 0 Å². The zero-order valence-corrected chi connectivity index (χ0v) is 15.6. The highest BCUT2D eigenvalue weighted by Gasteiger charge is 2.33. The summed E-state index contributed by atoms with van der Waals surface area (Å²) < 4.78 is 1.96. The van der Waals surface area contributed by atoms with Crippen LogP contribution in [0.3, 0.4) is 0 Å². The van der Waals surface area contributed by atoms with E-state index in [1.54, 1.807) is 16.2 Å². The summed E-state index contributed by atoms with van der Waals surface area (Å²) in [5.41, 5.74) is 8.66. The third-order valence-corrected chi connectivity index (χ3v) is 6.65. The van der Waals surface area contributed by atoms with Gasteiger partial charge in [-0.25, -0.2) is 4.98 Å². The van der Waals surface area contributed by atoms with Crippen molar-refractivity contribution in [3.8, 4) is 0 Å². The molecule has 0 bridgehead atoms. The first kappa shape index (κ1) is 17.1. The molecule has 4 rings (SSSR count). The van der Waals surface area contributed by atoms with Crippen LogP contribution in [0.25, 0.3) is 10.2 Å². The van der Waals surface area contributed by atoms with Gasteiger partial charge in [0.1, 0.15) is 6.04 Å². The zero-order valence-electron chi connectivity index (χ0n) is 13.9. The van der Waals surface area contributed by atoms with E-state index in [0.29, 0.717) is 13.0 Å². The molecule has 0 radical (unpaired) electrons. The first-order valence-corrected chi connectivity index (χ1v) is 10.1. The minimum atomic E-state index is -0.589. The molecule has 1 unspecified atom stereocenters. The van der Waals surface area contributed by atoms with Crippen molar-refractivity contribution >= 4 is 45.1 Å². The first-order valence-electron chi connectivity index (χ1n) is 8.26. The maximum absolute atomic E-state index is 12.8. The third-order valence-electron chi connectivity index (χ3n) is 4.49. The van der Waals surface area contributed by atoms with Crippen LogP contribution in [0.15, 0.2) is 52.9 Å². The summed E-state index contributed by atoms with van der Waals surface area (Å²) in [7, 11) is 0. The van der Waals surface area contributed by atoms with Crippen molar-refractivity contribution in [2.75, 3.05) is 5.75 Å². The molecule has 1 aliphatic rings. The minimum absolute atomic E-state index is 0.0902. The second kappa shape index (κ2) is 7.09. The van der Waals surface area contributed by atoms with Gasteiger partial charge < -0.3 is 10.6 Å². The van der Waals surface area contributed by atoms with Crippen molar-refractivity contribution in [3.05, 3.63) is 59.7 Å². The van der Waals surface area contributed by atoms with Crippen LogP contribution in [0.2, 0.25) is 0 Å². The number of carbonyl (C=O) groups is 2. The predicted octanol–water partition coefficient (Wildman–Crippen LogP) is 2.83. The summed E-state index contributed by atoms with van der Waals surface area (Å²) in [4.78, 5) is 30.8. The fourth-order valence-electron chi connectivity index (χ4n) is 3.16. The fraction of sp³-hybridized carbons (Fsp3) is 0.211. The highest BCUT2D eigenvalue weighted by atomic mass is 32.2. The number of rotatable bonds is 4. The molecule has 0 aliphatic carbocycles. The van der Waals surface area contributed by atoms with Gasteiger partial charge in [-0.05, 0) is 23.3 Å². The van der Waals surface area contributed by atoms with Crippen LogP contribution in [0, 0.1) is 0 Å². The van der Waals surface area contributed by atoms with Crippen LogP contribution in [0.5, 0.6) is 0 Å². The van der Waals surface area contributed by atoms with Crippen LogP contribution in [0.1, 0.15) is 11.1 Å². The Morgan fingerprint density at radius 1 is 1.15 bits per heavy atom. The number of hydrogen-bond acceptors (Lipinski definition) is 5. The number of para-hydroxylation sites is 1. The first-order chi connectivity index (χ1) is 12.6. The maximum atomic E-state index is 12.8. The molecule has 26 heavy (non-hydrogen) atoms. The van der Waals surface area contributed by atoms with E-state index in [0.717, 1.165) is 25.7 Å². The molecule has 2 amide bonds. The van der Waals surface area contributed by atoms with Crippen LogP contribution in [0.4, 0.5) is 0 Å². The predicted molar refractivity (Wildman–Crippen MR) is 104 cm³/mol. The Morgan fingerprint density at radius 3 is 2.65 bits per heavy atom. The topological polar surface area (TPSA) is 76.3 Å². The summed E-state index contributed by atoms with van der Waals surface area (Å²) in [6, 6.07) is 15.2. The number of carbonyl (C=O) groups excluding carboxylic acids is 2. The largest absolute Gasteiger partial charge is 0.368 e. The zero-order chi connectivity index (χ0) is 18.1. The van der Waals surface area contributed by atoms with Crippen molar-refractivity contribution in [3.63, 3.8) is 0 Å². The molecule has 0 saturated heterocycles. The molecule has 2 N–H and O–H groups in total. The van der Waals surface area contributed by atoms with E-state index in [2.05, 4.69) is 4.98 Å². The van der Waals surface area contributed by atoms with Gasteiger partial charge in [0.25, 0.3) is 0 Å². The summed E-state index contributed by atoms with van der Waals surface area (Å²) in [5, 5.41) is 0. The van der Waals surface area contributed by atoms with E-state index in [-0.39, 0.29) is 11.7 Å².